The monoisotopic (exact) mass is 380 g/mol. The van der Waals surface area contributed by atoms with Crippen molar-refractivity contribution in [2.24, 2.45) is 0 Å². The Kier molecular flexibility index (Phi) is 5.95. The molecule has 2 rings (SSSR count). The van der Waals surface area contributed by atoms with Crippen molar-refractivity contribution in [1.29, 1.82) is 0 Å². The number of ether oxygens (including phenoxy) is 1. The maximum atomic E-state index is 12.2. The van der Waals surface area contributed by atoms with Gasteiger partial charge in [0.15, 0.2) is 0 Å². The molecule has 1 unspecified atom stereocenters. The first-order chi connectivity index (χ1) is 11.0. The van der Waals surface area contributed by atoms with Crippen LogP contribution in [0.2, 0.25) is 0 Å². The lowest BCUT2D eigenvalue weighted by atomic mass is 10.2. The molecule has 1 aromatic heterocycles. The topological polar surface area (TPSA) is 80.6 Å². The number of methoxy groups -OCH3 is 1. The van der Waals surface area contributed by atoms with Crippen LogP contribution in [-0.4, -0.2) is 35.3 Å². The Bertz CT molecular complexity index is 745. The zero-order chi connectivity index (χ0) is 16.8. The highest BCUT2D eigenvalue weighted by molar-refractivity contribution is 9.10. The van der Waals surface area contributed by atoms with Gasteiger partial charge in [0.25, 0.3) is 11.5 Å². The number of rotatable bonds is 6. The Morgan fingerprint density at radius 1 is 1.39 bits per heavy atom. The van der Waals surface area contributed by atoms with E-state index < -0.39 is 6.10 Å². The maximum Gasteiger partial charge on any atom is 0.252 e. The largest absolute Gasteiger partial charge is 0.497 e. The van der Waals surface area contributed by atoms with Crippen LogP contribution in [0.1, 0.15) is 10.4 Å². The molecular weight excluding hydrogens is 364 g/mol. The summed E-state index contributed by atoms with van der Waals surface area (Å²) in [7, 11) is 1.52. The van der Waals surface area contributed by atoms with Crippen molar-refractivity contribution >= 4 is 21.8 Å². The summed E-state index contributed by atoms with van der Waals surface area (Å²) >= 11 is 3.31. The van der Waals surface area contributed by atoms with Gasteiger partial charge in [0.2, 0.25) is 0 Å². The second kappa shape index (κ2) is 7.94. The lowest BCUT2D eigenvalue weighted by Crippen LogP contribution is -2.36. The zero-order valence-corrected chi connectivity index (χ0v) is 14.1. The Morgan fingerprint density at radius 3 is 2.87 bits per heavy atom. The van der Waals surface area contributed by atoms with Crippen LogP contribution < -0.4 is 15.6 Å². The lowest BCUT2D eigenvalue weighted by Gasteiger charge is -2.14. The zero-order valence-electron chi connectivity index (χ0n) is 12.5. The van der Waals surface area contributed by atoms with Gasteiger partial charge in [-0.05, 0) is 40.2 Å². The molecule has 0 aliphatic rings. The van der Waals surface area contributed by atoms with Gasteiger partial charge >= 0.3 is 0 Å². The number of pyridine rings is 1. The summed E-state index contributed by atoms with van der Waals surface area (Å²) in [5, 5.41) is 12.6. The van der Waals surface area contributed by atoms with E-state index in [0.29, 0.717) is 15.8 Å². The molecule has 1 heterocycles. The number of halogens is 1. The number of benzene rings is 1. The molecule has 122 valence electrons. The number of aliphatic hydroxyl groups is 1. The molecule has 1 atom stereocenters. The number of amides is 1. The average molecular weight is 381 g/mol. The third-order valence-corrected chi connectivity index (χ3v) is 3.91. The minimum Gasteiger partial charge on any atom is -0.497 e. The van der Waals surface area contributed by atoms with Crippen molar-refractivity contribution in [1.82, 2.24) is 9.88 Å². The van der Waals surface area contributed by atoms with Crippen molar-refractivity contribution in [3.05, 3.63) is 63.0 Å². The SMILES string of the molecule is COc1ccc(Br)c(C(=O)NCC(O)Cn2ccccc2=O)c1. The van der Waals surface area contributed by atoms with E-state index in [1.165, 1.54) is 17.7 Å². The molecule has 6 nitrogen and oxygen atoms in total. The van der Waals surface area contributed by atoms with Crippen molar-refractivity contribution in [2.75, 3.05) is 13.7 Å². The number of nitrogens with one attached hydrogen (secondary N) is 1. The molecule has 0 aliphatic carbocycles. The molecule has 0 bridgehead atoms. The Morgan fingerprint density at radius 2 is 2.17 bits per heavy atom. The summed E-state index contributed by atoms with van der Waals surface area (Å²) in [6, 6.07) is 9.81. The summed E-state index contributed by atoms with van der Waals surface area (Å²) in [4.78, 5) is 23.8. The maximum absolute atomic E-state index is 12.2. The Balaban J connectivity index is 1.96. The Hall–Kier alpha value is -2.12. The summed E-state index contributed by atoms with van der Waals surface area (Å²) in [5.41, 5.74) is 0.210. The summed E-state index contributed by atoms with van der Waals surface area (Å²) in [5.74, 6) is 0.227. The van der Waals surface area contributed by atoms with Crippen LogP contribution >= 0.6 is 15.9 Å². The first-order valence-electron chi connectivity index (χ1n) is 6.96. The van der Waals surface area contributed by atoms with Crippen LogP contribution in [0.4, 0.5) is 0 Å². The normalized spacial score (nSPS) is 11.8. The first kappa shape index (κ1) is 17.2. The van der Waals surface area contributed by atoms with Gasteiger partial charge in [0.05, 0.1) is 25.3 Å². The first-order valence-corrected chi connectivity index (χ1v) is 7.76. The van der Waals surface area contributed by atoms with Crippen LogP contribution in [0, 0.1) is 0 Å². The van der Waals surface area contributed by atoms with Crippen molar-refractivity contribution in [3.8, 4) is 5.75 Å². The molecule has 2 N–H and O–H groups in total. The quantitative estimate of drug-likeness (QED) is 0.793. The van der Waals surface area contributed by atoms with Crippen LogP contribution in [-0.2, 0) is 6.54 Å². The number of aromatic nitrogens is 1. The van der Waals surface area contributed by atoms with Gasteiger partial charge in [0.1, 0.15) is 5.75 Å². The van der Waals surface area contributed by atoms with E-state index in [4.69, 9.17) is 4.74 Å². The fraction of sp³-hybridized carbons (Fsp3) is 0.250. The standard InChI is InChI=1S/C16H17BrN2O4/c1-23-12-5-6-14(17)13(8-12)16(22)18-9-11(20)10-19-7-3-2-4-15(19)21/h2-8,11,20H,9-10H2,1H3,(H,18,22). The molecule has 0 radical (unpaired) electrons. The van der Waals surface area contributed by atoms with E-state index in [1.54, 1.807) is 36.5 Å². The molecule has 1 aromatic carbocycles. The van der Waals surface area contributed by atoms with E-state index in [2.05, 4.69) is 21.2 Å². The lowest BCUT2D eigenvalue weighted by molar-refractivity contribution is 0.0902. The van der Waals surface area contributed by atoms with Gasteiger partial charge in [-0.2, -0.15) is 0 Å². The third-order valence-electron chi connectivity index (χ3n) is 3.22. The van der Waals surface area contributed by atoms with Crippen LogP contribution in [0.25, 0.3) is 0 Å². The molecular formula is C16H17BrN2O4. The average Bonchev–Trinajstić information content (AvgIpc) is 2.55. The Labute approximate surface area is 141 Å². The van der Waals surface area contributed by atoms with Gasteiger partial charge in [-0.15, -0.1) is 0 Å². The van der Waals surface area contributed by atoms with Crippen LogP contribution in [0.5, 0.6) is 5.75 Å². The summed E-state index contributed by atoms with van der Waals surface area (Å²) < 4.78 is 7.11. The number of carbonyl (C=O) groups excluding carboxylic acids is 1. The highest BCUT2D eigenvalue weighted by atomic mass is 79.9. The van der Waals surface area contributed by atoms with Crippen molar-refractivity contribution in [3.63, 3.8) is 0 Å². The molecule has 0 saturated carbocycles. The number of carbonyl (C=O) groups is 1. The highest BCUT2D eigenvalue weighted by Crippen LogP contribution is 2.22. The van der Waals surface area contributed by atoms with E-state index in [-0.39, 0.29) is 24.6 Å². The molecule has 0 fully saturated rings. The second-order valence-corrected chi connectivity index (χ2v) is 5.76. The van der Waals surface area contributed by atoms with Crippen molar-refractivity contribution < 1.29 is 14.6 Å². The molecule has 23 heavy (non-hydrogen) atoms. The molecule has 7 heteroatoms. The number of aliphatic hydroxyl groups excluding tert-OH is 1. The smallest absolute Gasteiger partial charge is 0.252 e. The van der Waals surface area contributed by atoms with E-state index in [0.717, 1.165) is 0 Å². The minimum absolute atomic E-state index is 0.0316. The van der Waals surface area contributed by atoms with Crippen LogP contribution in [0.15, 0.2) is 51.9 Å². The fourth-order valence-corrected chi connectivity index (χ4v) is 2.44. The molecule has 0 spiro atoms. The number of hydrogen-bond donors (Lipinski definition) is 2. The number of hydrogen-bond acceptors (Lipinski definition) is 4. The molecule has 0 aliphatic heterocycles. The molecule has 1 amide bonds. The highest BCUT2D eigenvalue weighted by Gasteiger charge is 2.13. The van der Waals surface area contributed by atoms with Crippen molar-refractivity contribution in [2.45, 2.75) is 12.6 Å². The second-order valence-electron chi connectivity index (χ2n) is 4.90. The van der Waals surface area contributed by atoms with E-state index >= 15 is 0 Å². The van der Waals surface area contributed by atoms with E-state index in [9.17, 15) is 14.7 Å². The van der Waals surface area contributed by atoms with Gasteiger partial charge in [-0.25, -0.2) is 0 Å². The minimum atomic E-state index is -0.872. The predicted octanol–water partition coefficient (Wildman–Crippen LogP) is 1.41. The van der Waals surface area contributed by atoms with Gasteiger partial charge in [-0.1, -0.05) is 6.07 Å². The van der Waals surface area contributed by atoms with Gasteiger partial charge in [-0.3, -0.25) is 9.59 Å². The van der Waals surface area contributed by atoms with E-state index in [1.807, 2.05) is 0 Å². The molecule has 0 saturated heterocycles. The third kappa shape index (κ3) is 4.67. The number of nitrogens with zero attached hydrogens (tertiary/aromatic N) is 1. The van der Waals surface area contributed by atoms with Gasteiger partial charge in [0, 0.05) is 23.3 Å². The summed E-state index contributed by atoms with van der Waals surface area (Å²) in [6.07, 6.45) is 0.717. The fourth-order valence-electron chi connectivity index (χ4n) is 2.01. The van der Waals surface area contributed by atoms with Crippen LogP contribution in [0.3, 0.4) is 0 Å². The predicted molar refractivity (Wildman–Crippen MR) is 89.7 cm³/mol. The molecule has 2 aromatic rings. The summed E-state index contributed by atoms with van der Waals surface area (Å²) in [6.45, 7) is 0.142. The van der Waals surface area contributed by atoms with Gasteiger partial charge < -0.3 is 19.7 Å².